The third kappa shape index (κ3) is 13.8. The molecule has 0 aliphatic rings. The number of phenolic OH excluding ortho intramolecular Hbond substituents is 1. The maximum Gasteiger partial charge on any atom is 0.326 e. The zero-order valence-electron chi connectivity index (χ0n) is 22.8. The second kappa shape index (κ2) is 19.0. The number of carbonyl (C=O) groups is 4. The van der Waals surface area contributed by atoms with Gasteiger partial charge in [-0.25, -0.2) is 4.79 Å². The van der Waals surface area contributed by atoms with Crippen LogP contribution in [0, 0.1) is 0 Å². The van der Waals surface area contributed by atoms with Crippen molar-refractivity contribution in [2.75, 3.05) is 30.6 Å². The van der Waals surface area contributed by atoms with Crippen molar-refractivity contribution >= 4 is 53.2 Å². The Bertz CT molecular complexity index is 992. The van der Waals surface area contributed by atoms with Gasteiger partial charge in [0.2, 0.25) is 17.7 Å². The summed E-state index contributed by atoms with van der Waals surface area (Å²) in [4.78, 5) is 54.9. The van der Waals surface area contributed by atoms with E-state index < -0.39 is 47.9 Å². The van der Waals surface area contributed by atoms with Gasteiger partial charge in [-0.1, -0.05) is 12.1 Å². The van der Waals surface area contributed by atoms with Crippen molar-refractivity contribution < 1.29 is 29.4 Å². The van der Waals surface area contributed by atoms with Crippen LogP contribution >= 0.6 is 23.5 Å². The minimum absolute atomic E-state index is 0.0415. The first-order valence-electron chi connectivity index (χ1n) is 12.7. The van der Waals surface area contributed by atoms with Gasteiger partial charge in [0.05, 0.1) is 6.04 Å². The minimum atomic E-state index is -1.19. The Labute approximate surface area is 242 Å². The number of carbonyl (C=O) groups excluding carboxylic acids is 3. The molecule has 0 aromatic heterocycles. The molecule has 11 N–H and O–H groups in total. The van der Waals surface area contributed by atoms with E-state index in [9.17, 15) is 29.4 Å². The van der Waals surface area contributed by atoms with Crippen LogP contribution in [0.4, 0.5) is 0 Å². The van der Waals surface area contributed by atoms with Gasteiger partial charge in [0.15, 0.2) is 5.96 Å². The zero-order chi connectivity index (χ0) is 30.1. The van der Waals surface area contributed by atoms with Crippen molar-refractivity contribution in [2.45, 2.75) is 56.3 Å². The number of carboxylic acids is 1. The van der Waals surface area contributed by atoms with Crippen molar-refractivity contribution in [3.63, 3.8) is 0 Å². The maximum atomic E-state index is 13.4. The number of nitrogens with zero attached hydrogens (tertiary/aromatic N) is 1. The van der Waals surface area contributed by atoms with Gasteiger partial charge in [0.25, 0.3) is 0 Å². The highest BCUT2D eigenvalue weighted by Gasteiger charge is 2.30. The Morgan fingerprint density at radius 2 is 1.40 bits per heavy atom. The molecule has 0 aliphatic heterocycles. The number of guanidine groups is 1. The zero-order valence-corrected chi connectivity index (χ0v) is 24.4. The lowest BCUT2D eigenvalue weighted by atomic mass is 10.0. The van der Waals surface area contributed by atoms with Gasteiger partial charge >= 0.3 is 5.97 Å². The minimum Gasteiger partial charge on any atom is -0.508 e. The van der Waals surface area contributed by atoms with Crippen molar-refractivity contribution in [2.24, 2.45) is 22.2 Å². The maximum absolute atomic E-state index is 13.4. The Hall–Kier alpha value is -3.17. The van der Waals surface area contributed by atoms with Crippen LogP contribution in [0.2, 0.25) is 0 Å². The first kappa shape index (κ1) is 34.9. The van der Waals surface area contributed by atoms with Crippen LogP contribution in [-0.4, -0.2) is 94.6 Å². The third-order valence-electron chi connectivity index (χ3n) is 5.78. The summed E-state index contributed by atoms with van der Waals surface area (Å²) in [5.74, 6) is -1.97. The fraction of sp³-hybridized carbons (Fsp3) is 0.560. The second-order valence-electron chi connectivity index (χ2n) is 9.01. The number of hydrogen-bond donors (Lipinski definition) is 8. The quantitative estimate of drug-likeness (QED) is 0.0565. The summed E-state index contributed by atoms with van der Waals surface area (Å²) in [7, 11) is 0. The van der Waals surface area contributed by atoms with E-state index in [2.05, 4.69) is 20.9 Å². The number of aliphatic imine (C=N–C) groups is 1. The predicted octanol–water partition coefficient (Wildman–Crippen LogP) is -0.639. The number of nitrogens with one attached hydrogen (secondary N) is 3. The number of aliphatic carboxylic acids is 1. The van der Waals surface area contributed by atoms with Gasteiger partial charge in [-0.3, -0.25) is 19.4 Å². The Morgan fingerprint density at radius 3 is 1.98 bits per heavy atom. The summed E-state index contributed by atoms with van der Waals surface area (Å²) in [6.07, 6.45) is 4.79. The lowest BCUT2D eigenvalue weighted by Gasteiger charge is -2.25. The number of nitrogens with two attached hydrogens (primary N) is 3. The van der Waals surface area contributed by atoms with E-state index in [1.54, 1.807) is 12.1 Å². The number of carboxylic acid groups (broad SMARTS) is 1. The molecular weight excluding hydrogens is 558 g/mol. The number of thioether (sulfide) groups is 2. The SMILES string of the molecule is CSCCC(N)C(=O)NC(Cc1ccc(O)cc1)C(=O)NC(CCCN=C(N)N)C(=O)NC(CCSC)C(=O)O. The van der Waals surface area contributed by atoms with Gasteiger partial charge in [0.1, 0.15) is 23.9 Å². The topological polar surface area (TPSA) is 235 Å². The molecule has 0 aliphatic carbocycles. The van der Waals surface area contributed by atoms with E-state index in [1.807, 2.05) is 12.5 Å². The van der Waals surface area contributed by atoms with E-state index in [0.29, 0.717) is 29.9 Å². The molecule has 40 heavy (non-hydrogen) atoms. The molecule has 15 heteroatoms. The summed E-state index contributed by atoms with van der Waals surface area (Å²) in [6.45, 7) is 0.189. The van der Waals surface area contributed by atoms with Gasteiger partial charge in [-0.2, -0.15) is 23.5 Å². The molecule has 0 fully saturated rings. The third-order valence-corrected chi connectivity index (χ3v) is 7.07. The number of amides is 3. The normalized spacial score (nSPS) is 13.8. The number of rotatable bonds is 19. The van der Waals surface area contributed by atoms with Crippen LogP contribution in [0.5, 0.6) is 5.75 Å². The lowest BCUT2D eigenvalue weighted by Crippen LogP contribution is -2.57. The van der Waals surface area contributed by atoms with Crippen molar-refractivity contribution in [3.8, 4) is 5.75 Å². The molecule has 1 aromatic carbocycles. The van der Waals surface area contributed by atoms with Gasteiger partial charge in [-0.05, 0) is 67.4 Å². The molecule has 0 bridgehead atoms. The highest BCUT2D eigenvalue weighted by atomic mass is 32.2. The number of hydrogen-bond acceptors (Lipinski definition) is 9. The summed E-state index contributed by atoms with van der Waals surface area (Å²) < 4.78 is 0. The van der Waals surface area contributed by atoms with Crippen molar-refractivity contribution in [3.05, 3.63) is 29.8 Å². The van der Waals surface area contributed by atoms with Crippen LogP contribution < -0.4 is 33.2 Å². The molecule has 13 nitrogen and oxygen atoms in total. The van der Waals surface area contributed by atoms with E-state index in [0.717, 1.165) is 0 Å². The van der Waals surface area contributed by atoms with Crippen LogP contribution in [0.1, 0.15) is 31.2 Å². The summed E-state index contributed by atoms with van der Waals surface area (Å²) in [6, 6.07) is 1.93. The standard InChI is InChI=1S/C25H41N7O6S2/c1-39-12-9-17(26)21(34)32-20(14-15-5-7-16(33)8-6-15)23(36)30-18(4-3-11-29-25(27)28)22(35)31-19(24(37)38)10-13-40-2/h5-8,17-20,33H,3-4,9-14,26H2,1-2H3,(H,30,36)(H,31,35)(H,32,34)(H,37,38)(H4,27,28,29). The highest BCUT2D eigenvalue weighted by molar-refractivity contribution is 7.98. The monoisotopic (exact) mass is 599 g/mol. The number of benzene rings is 1. The summed E-state index contributed by atoms with van der Waals surface area (Å²) in [5.41, 5.74) is 17.4. The fourth-order valence-electron chi connectivity index (χ4n) is 3.54. The van der Waals surface area contributed by atoms with Crippen LogP contribution in [0.25, 0.3) is 0 Å². The highest BCUT2D eigenvalue weighted by Crippen LogP contribution is 2.12. The Balaban J connectivity index is 3.15. The summed E-state index contributed by atoms with van der Waals surface area (Å²) >= 11 is 2.98. The first-order valence-corrected chi connectivity index (χ1v) is 15.5. The molecule has 4 atom stereocenters. The van der Waals surface area contributed by atoms with E-state index in [4.69, 9.17) is 17.2 Å². The van der Waals surface area contributed by atoms with E-state index >= 15 is 0 Å². The largest absolute Gasteiger partial charge is 0.508 e. The second-order valence-corrected chi connectivity index (χ2v) is 11.0. The Morgan fingerprint density at radius 1 is 0.850 bits per heavy atom. The molecule has 0 saturated carbocycles. The predicted molar refractivity (Wildman–Crippen MR) is 159 cm³/mol. The molecule has 224 valence electrons. The molecule has 0 radical (unpaired) electrons. The average molecular weight is 600 g/mol. The van der Waals surface area contributed by atoms with Crippen LogP contribution in [0.15, 0.2) is 29.3 Å². The fourth-order valence-corrected chi connectivity index (χ4v) is 4.50. The van der Waals surface area contributed by atoms with E-state index in [-0.39, 0.29) is 37.5 Å². The average Bonchev–Trinajstić information content (AvgIpc) is 2.91. The molecule has 0 saturated heterocycles. The smallest absolute Gasteiger partial charge is 0.326 e. The van der Waals surface area contributed by atoms with Gasteiger partial charge in [-0.15, -0.1) is 0 Å². The number of aromatic hydroxyl groups is 1. The van der Waals surface area contributed by atoms with Gasteiger partial charge < -0.3 is 43.4 Å². The first-order chi connectivity index (χ1) is 19.0. The molecule has 1 rings (SSSR count). The molecular formula is C25H41N7O6S2. The molecule has 0 heterocycles. The van der Waals surface area contributed by atoms with Crippen molar-refractivity contribution in [1.82, 2.24) is 16.0 Å². The number of phenols is 1. The summed E-state index contributed by atoms with van der Waals surface area (Å²) in [5, 5.41) is 27.0. The Kier molecular flexibility index (Phi) is 16.6. The lowest BCUT2D eigenvalue weighted by molar-refractivity contribution is -0.142. The molecule has 1 aromatic rings. The van der Waals surface area contributed by atoms with E-state index in [1.165, 1.54) is 35.7 Å². The molecule has 0 spiro atoms. The van der Waals surface area contributed by atoms with Crippen LogP contribution in [-0.2, 0) is 25.6 Å². The molecule has 4 unspecified atom stereocenters. The van der Waals surface area contributed by atoms with Crippen LogP contribution in [0.3, 0.4) is 0 Å². The molecule has 3 amide bonds. The van der Waals surface area contributed by atoms with Gasteiger partial charge in [0, 0.05) is 13.0 Å². The van der Waals surface area contributed by atoms with Crippen molar-refractivity contribution in [1.29, 1.82) is 0 Å².